The van der Waals surface area contributed by atoms with E-state index in [0.29, 0.717) is 5.69 Å². The van der Waals surface area contributed by atoms with Gasteiger partial charge >= 0.3 is 0 Å². The third-order valence-corrected chi connectivity index (χ3v) is 3.44. The highest BCUT2D eigenvalue weighted by Crippen LogP contribution is 2.14. The molecule has 0 bridgehead atoms. The van der Waals surface area contributed by atoms with Crippen LogP contribution in [-0.2, 0) is 14.7 Å². The third-order valence-electron chi connectivity index (χ3n) is 1.77. The van der Waals surface area contributed by atoms with Crippen LogP contribution in [0, 0.1) is 10.1 Å². The Kier molecular flexibility index (Phi) is 3.67. The van der Waals surface area contributed by atoms with Gasteiger partial charge in [-0.1, -0.05) is 6.07 Å². The van der Waals surface area contributed by atoms with Crippen LogP contribution in [0.2, 0.25) is 0 Å². The van der Waals surface area contributed by atoms with E-state index in [-0.39, 0.29) is 4.90 Å². The highest BCUT2D eigenvalue weighted by atomic mass is 32.2. The van der Waals surface area contributed by atoms with Gasteiger partial charge in [-0.25, -0.2) is 8.42 Å². The maximum Gasteiger partial charge on any atom is 0.294 e. The first-order valence-corrected chi connectivity index (χ1v) is 5.92. The van der Waals surface area contributed by atoms with Gasteiger partial charge in [-0.05, 0) is 18.2 Å². The lowest BCUT2D eigenvalue weighted by atomic mass is 10.3. The van der Waals surface area contributed by atoms with Gasteiger partial charge in [0.05, 0.1) is 10.6 Å². The van der Waals surface area contributed by atoms with Crippen LogP contribution >= 0.6 is 0 Å². The molecule has 1 aromatic rings. The van der Waals surface area contributed by atoms with Crippen molar-refractivity contribution in [2.24, 2.45) is 0 Å². The molecule has 0 atom stereocenters. The smallest absolute Gasteiger partial charge is 0.294 e. The first-order chi connectivity index (χ1) is 7.42. The summed E-state index contributed by atoms with van der Waals surface area (Å²) < 4.78 is 23.2. The molecule has 0 radical (unpaired) electrons. The van der Waals surface area contributed by atoms with E-state index in [1.165, 1.54) is 18.2 Å². The Morgan fingerprint density at radius 1 is 1.44 bits per heavy atom. The molecule has 0 unspecified atom stereocenters. The van der Waals surface area contributed by atoms with E-state index in [2.05, 4.69) is 4.84 Å². The van der Waals surface area contributed by atoms with Crippen molar-refractivity contribution in [1.82, 2.24) is 0 Å². The van der Waals surface area contributed by atoms with Crippen LogP contribution in [-0.4, -0.2) is 25.9 Å². The maximum absolute atomic E-state index is 11.6. The summed E-state index contributed by atoms with van der Waals surface area (Å²) >= 11 is 0. The van der Waals surface area contributed by atoms with Gasteiger partial charge in [0.2, 0.25) is 0 Å². The van der Waals surface area contributed by atoms with E-state index in [0.717, 1.165) is 0 Å². The predicted octanol–water partition coefficient (Wildman–Crippen LogP) is 0.251. The number of nitrogens with zero attached hydrogens (tertiary/aromatic N) is 1. The molecule has 0 spiro atoms. The Morgan fingerprint density at radius 2 is 2.12 bits per heavy atom. The zero-order valence-corrected chi connectivity index (χ0v) is 9.01. The average Bonchev–Trinajstić information content (AvgIpc) is 2.16. The van der Waals surface area contributed by atoms with Gasteiger partial charge in [-0.3, -0.25) is 0 Å². The van der Waals surface area contributed by atoms with Crippen LogP contribution in [0.25, 0.3) is 0 Å². The van der Waals surface area contributed by atoms with E-state index >= 15 is 0 Å². The molecule has 0 fully saturated rings. The van der Waals surface area contributed by atoms with Gasteiger partial charge in [0, 0.05) is 5.69 Å². The predicted molar refractivity (Wildman–Crippen MR) is 55.9 cm³/mol. The molecule has 0 aromatic heterocycles. The fourth-order valence-corrected chi connectivity index (χ4v) is 2.18. The SMILES string of the molecule is Nc1cccc(S(=O)(=O)CCO[N+](=O)[O-])c1. The number of nitrogen functional groups attached to an aromatic ring is 1. The molecule has 7 nitrogen and oxygen atoms in total. The van der Waals surface area contributed by atoms with Crippen LogP contribution < -0.4 is 5.73 Å². The topological polar surface area (TPSA) is 113 Å². The van der Waals surface area contributed by atoms with Crippen LogP contribution in [0.15, 0.2) is 29.2 Å². The average molecular weight is 246 g/mol. The molecule has 0 heterocycles. The molecule has 2 N–H and O–H groups in total. The number of benzene rings is 1. The van der Waals surface area contributed by atoms with Crippen molar-refractivity contribution in [1.29, 1.82) is 0 Å². The summed E-state index contributed by atoms with van der Waals surface area (Å²) in [6.45, 7) is -0.496. The number of hydrogen-bond donors (Lipinski definition) is 1. The van der Waals surface area contributed by atoms with Crippen molar-refractivity contribution in [3.63, 3.8) is 0 Å². The number of sulfone groups is 1. The second-order valence-corrected chi connectivity index (χ2v) is 5.06. The zero-order chi connectivity index (χ0) is 12.2. The van der Waals surface area contributed by atoms with E-state index < -0.39 is 27.3 Å². The summed E-state index contributed by atoms with van der Waals surface area (Å²) in [6, 6.07) is 5.71. The normalized spacial score (nSPS) is 11.0. The number of anilines is 1. The molecule has 1 rings (SSSR count). The number of nitrogens with two attached hydrogens (primary N) is 1. The molecule has 16 heavy (non-hydrogen) atoms. The van der Waals surface area contributed by atoms with Crippen LogP contribution in [0.4, 0.5) is 5.69 Å². The van der Waals surface area contributed by atoms with Gasteiger partial charge in [0.1, 0.15) is 6.61 Å². The van der Waals surface area contributed by atoms with E-state index in [1.807, 2.05) is 0 Å². The van der Waals surface area contributed by atoms with Gasteiger partial charge in [-0.2, -0.15) is 0 Å². The lowest BCUT2D eigenvalue weighted by Crippen LogP contribution is -2.15. The molecular formula is C8H10N2O5S. The zero-order valence-electron chi connectivity index (χ0n) is 8.20. The lowest BCUT2D eigenvalue weighted by molar-refractivity contribution is -0.756. The Balaban J connectivity index is 2.74. The van der Waals surface area contributed by atoms with Gasteiger partial charge in [-0.15, -0.1) is 10.1 Å². The van der Waals surface area contributed by atoms with Crippen LogP contribution in [0.1, 0.15) is 0 Å². The molecule has 1 aromatic carbocycles. The van der Waals surface area contributed by atoms with Crippen LogP contribution in [0.3, 0.4) is 0 Å². The van der Waals surface area contributed by atoms with Crippen molar-refractivity contribution < 1.29 is 18.3 Å². The van der Waals surface area contributed by atoms with E-state index in [1.54, 1.807) is 6.07 Å². The standard InChI is InChI=1S/C8H10N2O5S/c9-7-2-1-3-8(6-7)16(13,14)5-4-15-10(11)12/h1-3,6H,4-5,9H2. The highest BCUT2D eigenvalue weighted by Gasteiger charge is 2.15. The minimum absolute atomic E-state index is 0.0273. The molecule has 0 aliphatic rings. The Bertz CT molecular complexity index is 485. The largest absolute Gasteiger partial charge is 0.399 e. The summed E-state index contributed by atoms with van der Waals surface area (Å²) in [4.78, 5) is 13.8. The molecule has 0 saturated carbocycles. The molecule has 0 amide bonds. The first-order valence-electron chi connectivity index (χ1n) is 4.27. The monoisotopic (exact) mass is 246 g/mol. The van der Waals surface area contributed by atoms with E-state index in [9.17, 15) is 18.5 Å². The lowest BCUT2D eigenvalue weighted by Gasteiger charge is -2.04. The molecule has 88 valence electrons. The van der Waals surface area contributed by atoms with Gasteiger partial charge in [0.25, 0.3) is 5.09 Å². The minimum atomic E-state index is -3.59. The molecule has 0 aliphatic carbocycles. The van der Waals surface area contributed by atoms with Crippen molar-refractivity contribution in [3.05, 3.63) is 34.4 Å². The second kappa shape index (κ2) is 4.79. The third kappa shape index (κ3) is 3.39. The van der Waals surface area contributed by atoms with Crippen molar-refractivity contribution >= 4 is 15.5 Å². The fraction of sp³-hybridized carbons (Fsp3) is 0.250. The number of hydrogen-bond acceptors (Lipinski definition) is 6. The summed E-state index contributed by atoms with van der Waals surface area (Å²) in [5, 5.41) is 8.81. The summed E-state index contributed by atoms with van der Waals surface area (Å²) in [5.41, 5.74) is 5.74. The minimum Gasteiger partial charge on any atom is -0.399 e. The summed E-state index contributed by atoms with van der Waals surface area (Å²) in [6.07, 6.45) is 0. The number of rotatable bonds is 5. The quantitative estimate of drug-likeness (QED) is 0.452. The van der Waals surface area contributed by atoms with Gasteiger partial charge in [0.15, 0.2) is 9.84 Å². The van der Waals surface area contributed by atoms with Crippen molar-refractivity contribution in [2.45, 2.75) is 4.90 Å². The Hall–Kier alpha value is -1.83. The highest BCUT2D eigenvalue weighted by molar-refractivity contribution is 7.91. The fourth-order valence-electron chi connectivity index (χ4n) is 1.05. The molecule has 8 heteroatoms. The molecular weight excluding hydrogens is 236 g/mol. The van der Waals surface area contributed by atoms with Crippen molar-refractivity contribution in [3.8, 4) is 0 Å². The van der Waals surface area contributed by atoms with Gasteiger partial charge < -0.3 is 10.6 Å². The van der Waals surface area contributed by atoms with E-state index in [4.69, 9.17) is 5.73 Å². The molecule has 0 aliphatic heterocycles. The molecule has 0 saturated heterocycles. The summed E-state index contributed by atoms with van der Waals surface area (Å²) in [5.74, 6) is -0.461. The van der Waals surface area contributed by atoms with Crippen LogP contribution in [0.5, 0.6) is 0 Å². The van der Waals surface area contributed by atoms with Crippen molar-refractivity contribution in [2.75, 3.05) is 18.1 Å². The second-order valence-electron chi connectivity index (χ2n) is 2.95. The maximum atomic E-state index is 11.6. The first kappa shape index (κ1) is 12.2. The Labute approximate surface area is 91.8 Å². The summed E-state index contributed by atoms with van der Waals surface area (Å²) in [7, 11) is -3.59. The Morgan fingerprint density at radius 3 is 2.69 bits per heavy atom.